The van der Waals surface area contributed by atoms with Crippen LogP contribution in [0.5, 0.6) is 0 Å². The molecule has 2 aromatic rings. The number of thioether (sulfide) groups is 1. The van der Waals surface area contributed by atoms with Crippen molar-refractivity contribution in [2.75, 3.05) is 5.75 Å². The van der Waals surface area contributed by atoms with Crippen LogP contribution in [-0.2, 0) is 6.54 Å². The maximum Gasteiger partial charge on any atom is 0.134 e. The van der Waals surface area contributed by atoms with Crippen molar-refractivity contribution < 1.29 is 0 Å². The molecule has 1 heterocycles. The molecule has 0 aliphatic rings. The smallest absolute Gasteiger partial charge is 0.134 e. The molecule has 0 radical (unpaired) electrons. The zero-order valence-corrected chi connectivity index (χ0v) is 10.8. The van der Waals surface area contributed by atoms with Gasteiger partial charge in [-0.3, -0.25) is 0 Å². The van der Waals surface area contributed by atoms with Crippen molar-refractivity contribution in [2.45, 2.75) is 13.5 Å². The molecule has 0 spiro atoms. The van der Waals surface area contributed by atoms with Gasteiger partial charge in [-0.05, 0) is 17.4 Å². The van der Waals surface area contributed by atoms with Crippen molar-refractivity contribution in [3.05, 3.63) is 36.0 Å². The fourth-order valence-electron chi connectivity index (χ4n) is 1.63. The highest BCUT2D eigenvalue weighted by Crippen LogP contribution is 2.17. The van der Waals surface area contributed by atoms with E-state index in [2.05, 4.69) is 35.4 Å². The molecule has 1 aromatic carbocycles. The molecule has 0 fully saturated rings. The minimum Gasteiger partial charge on any atom is -0.367 e. The lowest BCUT2D eigenvalue weighted by Crippen LogP contribution is -2.17. The van der Waals surface area contributed by atoms with E-state index in [4.69, 9.17) is 12.2 Å². The van der Waals surface area contributed by atoms with Crippen LogP contribution in [0.1, 0.15) is 12.5 Å². The Balaban J connectivity index is 2.07. The Hall–Kier alpha value is -1.00. The summed E-state index contributed by atoms with van der Waals surface area (Å²) >= 11 is 6.86. The third-order valence-electron chi connectivity index (χ3n) is 2.37. The molecule has 2 nitrogen and oxygen atoms in total. The van der Waals surface area contributed by atoms with Crippen molar-refractivity contribution in [3.63, 3.8) is 0 Å². The Labute approximate surface area is 105 Å². The van der Waals surface area contributed by atoms with Gasteiger partial charge in [0.2, 0.25) is 0 Å². The van der Waals surface area contributed by atoms with E-state index in [0.717, 1.165) is 16.6 Å². The molecule has 0 bridgehead atoms. The van der Waals surface area contributed by atoms with E-state index in [-0.39, 0.29) is 0 Å². The highest BCUT2D eigenvalue weighted by atomic mass is 32.2. The zero-order chi connectivity index (χ0) is 11.4. The third-order valence-corrected chi connectivity index (χ3v) is 3.57. The number of para-hydroxylation sites is 1. The molecule has 2 N–H and O–H groups in total. The first-order valence-electron chi connectivity index (χ1n) is 5.27. The van der Waals surface area contributed by atoms with E-state index in [1.165, 1.54) is 16.5 Å². The van der Waals surface area contributed by atoms with E-state index in [0.29, 0.717) is 0 Å². The Bertz CT molecular complexity index is 490. The second-order valence-corrected chi connectivity index (χ2v) is 5.37. The number of H-pyrrole nitrogens is 1. The number of rotatable bonds is 3. The van der Waals surface area contributed by atoms with Crippen LogP contribution in [0.2, 0.25) is 0 Å². The van der Waals surface area contributed by atoms with E-state index < -0.39 is 0 Å². The second-order valence-electron chi connectivity index (χ2n) is 3.43. The predicted molar refractivity (Wildman–Crippen MR) is 75.9 cm³/mol. The number of thiocarbonyl (C=S) groups is 1. The monoisotopic (exact) mass is 250 g/mol. The fourth-order valence-corrected chi connectivity index (χ4v) is 2.49. The van der Waals surface area contributed by atoms with Crippen molar-refractivity contribution in [3.8, 4) is 0 Å². The van der Waals surface area contributed by atoms with Crippen molar-refractivity contribution in [1.82, 2.24) is 10.3 Å². The summed E-state index contributed by atoms with van der Waals surface area (Å²) in [7, 11) is 0. The number of benzene rings is 1. The predicted octanol–water partition coefficient (Wildman–Crippen LogP) is 3.30. The lowest BCUT2D eigenvalue weighted by atomic mass is 10.2. The molecule has 0 saturated heterocycles. The molecule has 16 heavy (non-hydrogen) atoms. The summed E-state index contributed by atoms with van der Waals surface area (Å²) in [5.41, 5.74) is 2.43. The molecule has 4 heteroatoms. The average Bonchev–Trinajstić information content (AvgIpc) is 2.70. The van der Waals surface area contributed by atoms with Crippen LogP contribution in [0.25, 0.3) is 10.9 Å². The maximum atomic E-state index is 5.19. The number of hydrogen-bond donors (Lipinski definition) is 2. The highest BCUT2D eigenvalue weighted by molar-refractivity contribution is 8.22. The second kappa shape index (κ2) is 5.37. The van der Waals surface area contributed by atoms with Crippen LogP contribution in [0.4, 0.5) is 0 Å². The Morgan fingerprint density at radius 1 is 1.44 bits per heavy atom. The number of aromatic amines is 1. The number of aromatic nitrogens is 1. The maximum absolute atomic E-state index is 5.19. The summed E-state index contributed by atoms with van der Waals surface area (Å²) in [5, 5.41) is 4.52. The van der Waals surface area contributed by atoms with Gasteiger partial charge in [0.1, 0.15) is 4.32 Å². The van der Waals surface area contributed by atoms with Gasteiger partial charge in [-0.15, -0.1) is 0 Å². The molecular formula is C12H14N2S2. The first-order valence-corrected chi connectivity index (χ1v) is 6.66. The molecule has 84 valence electrons. The largest absolute Gasteiger partial charge is 0.367 e. The van der Waals surface area contributed by atoms with Gasteiger partial charge in [0.25, 0.3) is 0 Å². The Morgan fingerprint density at radius 2 is 2.25 bits per heavy atom. The molecule has 0 unspecified atom stereocenters. The standard InChI is InChI=1S/C12H14N2S2/c1-2-16-12(15)14-8-9-7-13-11-6-4-3-5-10(9)11/h3-7,13H,2,8H2,1H3,(H,14,15). The van der Waals surface area contributed by atoms with Crippen LogP contribution >= 0.6 is 24.0 Å². The lowest BCUT2D eigenvalue weighted by molar-refractivity contribution is 0.948. The van der Waals surface area contributed by atoms with Crippen LogP contribution < -0.4 is 5.32 Å². The van der Waals surface area contributed by atoms with Gasteiger partial charge >= 0.3 is 0 Å². The van der Waals surface area contributed by atoms with Crippen LogP contribution in [0, 0.1) is 0 Å². The van der Waals surface area contributed by atoms with Gasteiger partial charge in [0.05, 0.1) is 0 Å². The Morgan fingerprint density at radius 3 is 3.06 bits per heavy atom. The minimum absolute atomic E-state index is 0.788. The highest BCUT2D eigenvalue weighted by Gasteiger charge is 2.02. The molecule has 1 aromatic heterocycles. The van der Waals surface area contributed by atoms with E-state index in [9.17, 15) is 0 Å². The van der Waals surface area contributed by atoms with Gasteiger partial charge in [-0.25, -0.2) is 0 Å². The number of fused-ring (bicyclic) bond motifs is 1. The summed E-state index contributed by atoms with van der Waals surface area (Å²) < 4.78 is 0.868. The van der Waals surface area contributed by atoms with Crippen LogP contribution in [-0.4, -0.2) is 15.1 Å². The summed E-state index contributed by atoms with van der Waals surface area (Å²) in [6, 6.07) is 8.29. The van der Waals surface area contributed by atoms with E-state index in [1.54, 1.807) is 11.8 Å². The minimum atomic E-state index is 0.788. The number of nitrogens with one attached hydrogen (secondary N) is 2. The lowest BCUT2D eigenvalue weighted by Gasteiger charge is -2.05. The van der Waals surface area contributed by atoms with Crippen LogP contribution in [0.15, 0.2) is 30.5 Å². The Kier molecular flexibility index (Phi) is 3.85. The first kappa shape index (κ1) is 11.5. The number of hydrogen-bond acceptors (Lipinski definition) is 2. The molecule has 0 aliphatic carbocycles. The van der Waals surface area contributed by atoms with Gasteiger partial charge in [-0.2, -0.15) is 0 Å². The first-order chi connectivity index (χ1) is 7.81. The zero-order valence-electron chi connectivity index (χ0n) is 9.12. The summed E-state index contributed by atoms with van der Waals surface area (Å²) in [6.45, 7) is 2.89. The average molecular weight is 250 g/mol. The summed E-state index contributed by atoms with van der Waals surface area (Å²) in [4.78, 5) is 3.25. The summed E-state index contributed by atoms with van der Waals surface area (Å²) in [6.07, 6.45) is 2.04. The van der Waals surface area contributed by atoms with E-state index in [1.807, 2.05) is 12.3 Å². The third kappa shape index (κ3) is 2.57. The van der Waals surface area contributed by atoms with Gasteiger partial charge in [0.15, 0.2) is 0 Å². The van der Waals surface area contributed by atoms with Gasteiger partial charge < -0.3 is 10.3 Å². The topological polar surface area (TPSA) is 27.8 Å². The normalized spacial score (nSPS) is 10.6. The SMILES string of the molecule is CCSC(=S)NCc1c[nH]c2ccccc12. The molecular weight excluding hydrogens is 236 g/mol. The quantitative estimate of drug-likeness (QED) is 0.819. The molecule has 0 aliphatic heterocycles. The molecule has 2 rings (SSSR count). The van der Waals surface area contributed by atoms with Gasteiger partial charge in [0, 0.05) is 23.6 Å². The van der Waals surface area contributed by atoms with Crippen molar-refractivity contribution >= 4 is 39.2 Å². The fraction of sp³-hybridized carbons (Fsp3) is 0.250. The van der Waals surface area contributed by atoms with Crippen molar-refractivity contribution in [1.29, 1.82) is 0 Å². The van der Waals surface area contributed by atoms with E-state index >= 15 is 0 Å². The molecule has 0 atom stereocenters. The van der Waals surface area contributed by atoms with Crippen LogP contribution in [0.3, 0.4) is 0 Å². The molecule has 0 saturated carbocycles. The van der Waals surface area contributed by atoms with Gasteiger partial charge in [-0.1, -0.05) is 49.1 Å². The molecule has 0 amide bonds. The van der Waals surface area contributed by atoms with Crippen molar-refractivity contribution in [2.24, 2.45) is 0 Å². The summed E-state index contributed by atoms with van der Waals surface area (Å²) in [5.74, 6) is 1.01.